The molecule has 30 heavy (non-hydrogen) atoms. The molecular formula is C19H19Cl2N3O5S. The standard InChI is InChI=1S/C19H19Cl2N3O5S/c1-29-17-10-12(9-15(21)18(17)25)11-22-23-19(26)16-3-2-8-24(16)30(27,28)14-6-4-13(20)5-7-14/h4-7,9-11,16,25H,2-3,8H2,1H3,(H,23,26)/t16-/m0/s1. The van der Waals surface area contributed by atoms with E-state index in [1.165, 1.54) is 54.0 Å². The van der Waals surface area contributed by atoms with Crippen LogP contribution in [-0.2, 0) is 14.8 Å². The molecule has 160 valence electrons. The largest absolute Gasteiger partial charge is 0.503 e. The Bertz CT molecular complexity index is 1070. The molecule has 3 rings (SSSR count). The Morgan fingerprint density at radius 3 is 2.67 bits per heavy atom. The Hall–Kier alpha value is -2.33. The molecule has 1 heterocycles. The number of halogens is 2. The number of methoxy groups -OCH3 is 1. The summed E-state index contributed by atoms with van der Waals surface area (Å²) in [6, 6.07) is 7.85. The van der Waals surface area contributed by atoms with Crippen molar-refractivity contribution < 1.29 is 23.1 Å². The van der Waals surface area contributed by atoms with Crippen LogP contribution in [0.3, 0.4) is 0 Å². The van der Waals surface area contributed by atoms with Crippen molar-refractivity contribution in [3.05, 3.63) is 52.0 Å². The van der Waals surface area contributed by atoms with Crippen LogP contribution in [0.5, 0.6) is 11.5 Å². The van der Waals surface area contributed by atoms with E-state index in [-0.39, 0.29) is 28.0 Å². The lowest BCUT2D eigenvalue weighted by atomic mass is 10.2. The van der Waals surface area contributed by atoms with Gasteiger partial charge in [0.25, 0.3) is 5.91 Å². The number of nitrogens with one attached hydrogen (secondary N) is 1. The first-order valence-corrected chi connectivity index (χ1v) is 11.1. The van der Waals surface area contributed by atoms with Crippen LogP contribution in [-0.4, -0.2) is 49.6 Å². The first-order valence-electron chi connectivity index (χ1n) is 8.91. The van der Waals surface area contributed by atoms with Gasteiger partial charge in [-0.1, -0.05) is 23.2 Å². The summed E-state index contributed by atoms with van der Waals surface area (Å²) in [6.07, 6.45) is 2.26. The fourth-order valence-corrected chi connectivity index (χ4v) is 5.10. The van der Waals surface area contributed by atoms with Crippen molar-refractivity contribution in [2.24, 2.45) is 5.10 Å². The number of benzene rings is 2. The number of carbonyl (C=O) groups is 1. The molecule has 1 aliphatic rings. The van der Waals surface area contributed by atoms with E-state index in [2.05, 4.69) is 10.5 Å². The molecule has 1 aliphatic heterocycles. The smallest absolute Gasteiger partial charge is 0.258 e. The molecule has 1 saturated heterocycles. The molecule has 0 bridgehead atoms. The number of amides is 1. The van der Waals surface area contributed by atoms with Crippen molar-refractivity contribution >= 4 is 45.3 Å². The molecular weight excluding hydrogens is 453 g/mol. The third kappa shape index (κ3) is 4.70. The molecule has 1 atom stereocenters. The van der Waals surface area contributed by atoms with Crippen LogP contribution in [0.2, 0.25) is 10.0 Å². The normalized spacial score (nSPS) is 17.4. The van der Waals surface area contributed by atoms with Gasteiger partial charge >= 0.3 is 0 Å². The Kier molecular flexibility index (Phi) is 6.87. The molecule has 11 heteroatoms. The number of hydrogen-bond acceptors (Lipinski definition) is 6. The van der Waals surface area contributed by atoms with Gasteiger partial charge in [0.2, 0.25) is 10.0 Å². The molecule has 0 aromatic heterocycles. The van der Waals surface area contributed by atoms with Gasteiger partial charge in [-0.25, -0.2) is 13.8 Å². The molecule has 0 unspecified atom stereocenters. The average molecular weight is 472 g/mol. The van der Waals surface area contributed by atoms with E-state index in [0.29, 0.717) is 23.4 Å². The third-order valence-electron chi connectivity index (χ3n) is 4.59. The summed E-state index contributed by atoms with van der Waals surface area (Å²) in [5.41, 5.74) is 2.84. The van der Waals surface area contributed by atoms with Crippen molar-refractivity contribution in [3.8, 4) is 11.5 Å². The van der Waals surface area contributed by atoms with Crippen molar-refractivity contribution in [1.82, 2.24) is 9.73 Å². The van der Waals surface area contributed by atoms with Crippen LogP contribution >= 0.6 is 23.2 Å². The van der Waals surface area contributed by atoms with Crippen molar-refractivity contribution in [2.45, 2.75) is 23.8 Å². The highest BCUT2D eigenvalue weighted by atomic mass is 35.5. The van der Waals surface area contributed by atoms with E-state index in [1.807, 2.05) is 0 Å². The van der Waals surface area contributed by atoms with Crippen LogP contribution in [0.1, 0.15) is 18.4 Å². The fraction of sp³-hybridized carbons (Fsp3) is 0.263. The van der Waals surface area contributed by atoms with Crippen LogP contribution in [0, 0.1) is 0 Å². The van der Waals surface area contributed by atoms with E-state index >= 15 is 0 Å². The quantitative estimate of drug-likeness (QED) is 0.497. The highest BCUT2D eigenvalue weighted by Crippen LogP contribution is 2.34. The maximum atomic E-state index is 12.9. The van der Waals surface area contributed by atoms with Gasteiger partial charge in [0.05, 0.1) is 23.2 Å². The highest BCUT2D eigenvalue weighted by Gasteiger charge is 2.39. The summed E-state index contributed by atoms with van der Waals surface area (Å²) >= 11 is 11.7. The topological polar surface area (TPSA) is 108 Å². The lowest BCUT2D eigenvalue weighted by Gasteiger charge is -2.22. The second-order valence-electron chi connectivity index (χ2n) is 6.52. The van der Waals surface area contributed by atoms with Crippen LogP contribution in [0.25, 0.3) is 0 Å². The lowest BCUT2D eigenvalue weighted by Crippen LogP contribution is -2.44. The molecule has 2 N–H and O–H groups in total. The second-order valence-corrected chi connectivity index (χ2v) is 9.25. The number of phenols is 1. The molecule has 1 amide bonds. The predicted octanol–water partition coefficient (Wildman–Crippen LogP) is 3.01. The zero-order chi connectivity index (χ0) is 21.9. The molecule has 0 radical (unpaired) electrons. The number of phenolic OH excluding ortho intramolecular Hbond substituents is 1. The molecule has 2 aromatic carbocycles. The SMILES string of the molecule is COc1cc(C=NNC(=O)[C@@H]2CCCN2S(=O)(=O)c2ccc(Cl)cc2)cc(Cl)c1O. The first-order chi connectivity index (χ1) is 14.2. The first kappa shape index (κ1) is 22.4. The van der Waals surface area contributed by atoms with E-state index in [0.717, 1.165) is 0 Å². The van der Waals surface area contributed by atoms with Gasteiger partial charge in [0.15, 0.2) is 11.5 Å². The Morgan fingerprint density at radius 1 is 1.30 bits per heavy atom. The number of aromatic hydroxyl groups is 1. The number of rotatable bonds is 6. The van der Waals surface area contributed by atoms with Crippen molar-refractivity contribution in [2.75, 3.05) is 13.7 Å². The minimum atomic E-state index is -3.85. The fourth-order valence-electron chi connectivity index (χ4n) is 3.10. The van der Waals surface area contributed by atoms with Gasteiger partial charge in [-0.15, -0.1) is 0 Å². The van der Waals surface area contributed by atoms with Crippen LogP contribution < -0.4 is 10.2 Å². The van der Waals surface area contributed by atoms with Crippen LogP contribution in [0.15, 0.2) is 46.4 Å². The van der Waals surface area contributed by atoms with Gasteiger partial charge in [0, 0.05) is 11.6 Å². The summed E-state index contributed by atoms with van der Waals surface area (Å²) in [6.45, 7) is 0.234. The number of sulfonamides is 1. The molecule has 0 saturated carbocycles. The van der Waals surface area contributed by atoms with Gasteiger partial charge in [-0.2, -0.15) is 9.41 Å². The molecule has 2 aromatic rings. The molecule has 0 spiro atoms. The van der Waals surface area contributed by atoms with E-state index in [4.69, 9.17) is 27.9 Å². The van der Waals surface area contributed by atoms with E-state index < -0.39 is 22.0 Å². The number of nitrogens with zero attached hydrogens (tertiary/aromatic N) is 2. The monoisotopic (exact) mass is 471 g/mol. The average Bonchev–Trinajstić information content (AvgIpc) is 3.21. The van der Waals surface area contributed by atoms with E-state index in [9.17, 15) is 18.3 Å². The van der Waals surface area contributed by atoms with Crippen LogP contribution in [0.4, 0.5) is 0 Å². The summed E-state index contributed by atoms with van der Waals surface area (Å²) in [7, 11) is -2.47. The van der Waals surface area contributed by atoms with Gasteiger partial charge in [0.1, 0.15) is 6.04 Å². The lowest BCUT2D eigenvalue weighted by molar-refractivity contribution is -0.124. The van der Waals surface area contributed by atoms with Gasteiger partial charge in [-0.3, -0.25) is 4.79 Å². The molecule has 1 fully saturated rings. The summed E-state index contributed by atoms with van der Waals surface area (Å²) in [5, 5.41) is 14.1. The molecule has 0 aliphatic carbocycles. The summed E-state index contributed by atoms with van der Waals surface area (Å²) in [4.78, 5) is 12.6. The highest BCUT2D eigenvalue weighted by molar-refractivity contribution is 7.89. The number of carbonyl (C=O) groups excluding carboxylic acids is 1. The second kappa shape index (κ2) is 9.22. The van der Waals surface area contributed by atoms with Gasteiger partial charge < -0.3 is 9.84 Å². The third-order valence-corrected chi connectivity index (χ3v) is 7.05. The Morgan fingerprint density at radius 2 is 2.00 bits per heavy atom. The minimum Gasteiger partial charge on any atom is -0.503 e. The van der Waals surface area contributed by atoms with Crippen molar-refractivity contribution in [1.29, 1.82) is 0 Å². The Balaban J connectivity index is 1.73. The van der Waals surface area contributed by atoms with Gasteiger partial charge in [-0.05, 0) is 54.8 Å². The zero-order valence-corrected chi connectivity index (χ0v) is 18.2. The summed E-state index contributed by atoms with van der Waals surface area (Å²) < 4.78 is 32.0. The van der Waals surface area contributed by atoms with E-state index in [1.54, 1.807) is 0 Å². The zero-order valence-electron chi connectivity index (χ0n) is 15.9. The number of hydrazone groups is 1. The number of hydrogen-bond donors (Lipinski definition) is 2. The minimum absolute atomic E-state index is 0.0677. The Labute approximate surface area is 184 Å². The number of ether oxygens (including phenoxy) is 1. The molecule has 8 nitrogen and oxygen atoms in total. The predicted molar refractivity (Wildman–Crippen MR) is 114 cm³/mol. The maximum Gasteiger partial charge on any atom is 0.258 e. The van der Waals surface area contributed by atoms with Crippen molar-refractivity contribution in [3.63, 3.8) is 0 Å². The maximum absolute atomic E-state index is 12.9. The summed E-state index contributed by atoms with van der Waals surface area (Å²) in [5.74, 6) is -0.584.